The smallest absolute Gasteiger partial charge is 0.0951 e. The van der Waals surface area contributed by atoms with Crippen LogP contribution in [0, 0.1) is 10.8 Å². The Kier molecular flexibility index (Phi) is 0.573. The maximum Gasteiger partial charge on any atom is 0.0951 e. The zero-order valence-electron chi connectivity index (χ0n) is 5.21. The number of alkyl halides is 1. The van der Waals surface area contributed by atoms with Crippen molar-refractivity contribution in [3.8, 4) is 0 Å². The zero-order chi connectivity index (χ0) is 5.83. The van der Waals surface area contributed by atoms with Gasteiger partial charge in [0.1, 0.15) is 0 Å². The molecule has 0 nitrogen and oxygen atoms in total. The summed E-state index contributed by atoms with van der Waals surface area (Å²) in [7, 11) is 0. The number of hydrogen-bond acceptors (Lipinski definition) is 0. The summed E-state index contributed by atoms with van der Waals surface area (Å²) in [5.74, 6) is 0. The average molecular weight is 114 g/mol. The summed E-state index contributed by atoms with van der Waals surface area (Å²) in [6.45, 7) is 2.19. The minimum atomic E-state index is -0.0669. The molecule has 0 unspecified atom stereocenters. The van der Waals surface area contributed by atoms with Crippen molar-refractivity contribution in [2.24, 2.45) is 10.8 Å². The van der Waals surface area contributed by atoms with Gasteiger partial charge in [0.2, 0.25) is 0 Å². The quantitative estimate of drug-likeness (QED) is 0.490. The third kappa shape index (κ3) is 0.329. The largest absolute Gasteiger partial charge is 0.250 e. The van der Waals surface area contributed by atoms with E-state index in [9.17, 15) is 4.39 Å². The molecule has 3 saturated carbocycles. The molecule has 0 aromatic carbocycles. The molecule has 0 spiro atoms. The van der Waals surface area contributed by atoms with Crippen LogP contribution in [0.4, 0.5) is 4.39 Å². The van der Waals surface area contributed by atoms with Crippen LogP contribution in [0.2, 0.25) is 0 Å². The third-order valence-electron chi connectivity index (χ3n) is 2.69. The first-order valence-electron chi connectivity index (χ1n) is 3.24. The van der Waals surface area contributed by atoms with Crippen LogP contribution >= 0.6 is 0 Å². The maximum absolute atomic E-state index is 12.0. The Bertz CT molecular complexity index is 109. The fourth-order valence-corrected chi connectivity index (χ4v) is 2.70. The van der Waals surface area contributed by atoms with Gasteiger partial charge in [0.15, 0.2) is 0 Å². The van der Waals surface area contributed by atoms with Crippen LogP contribution in [0.25, 0.3) is 0 Å². The highest BCUT2D eigenvalue weighted by Crippen LogP contribution is 2.73. The molecule has 0 saturated heterocycles. The van der Waals surface area contributed by atoms with Gasteiger partial charge in [0, 0.05) is 5.41 Å². The van der Waals surface area contributed by atoms with Gasteiger partial charge in [0.05, 0.1) is 6.67 Å². The Morgan fingerprint density at radius 1 is 1.38 bits per heavy atom. The van der Waals surface area contributed by atoms with Crippen LogP contribution in [0.1, 0.15) is 26.2 Å². The van der Waals surface area contributed by atoms with Crippen molar-refractivity contribution in [3.05, 3.63) is 0 Å². The Morgan fingerprint density at radius 2 is 1.88 bits per heavy atom. The van der Waals surface area contributed by atoms with Crippen molar-refractivity contribution in [1.29, 1.82) is 0 Å². The predicted molar refractivity (Wildman–Crippen MR) is 30.4 cm³/mol. The fourth-order valence-electron chi connectivity index (χ4n) is 2.70. The molecule has 0 atom stereocenters. The highest BCUT2D eigenvalue weighted by molar-refractivity contribution is 5.14. The highest BCUT2D eigenvalue weighted by atomic mass is 19.1. The fraction of sp³-hybridized carbons (Fsp3) is 1.00. The third-order valence-corrected chi connectivity index (χ3v) is 2.69. The van der Waals surface area contributed by atoms with E-state index in [1.807, 2.05) is 0 Å². The van der Waals surface area contributed by atoms with Crippen molar-refractivity contribution in [2.45, 2.75) is 26.2 Å². The summed E-state index contributed by atoms with van der Waals surface area (Å²) in [6.07, 6.45) is 3.49. The first-order chi connectivity index (χ1) is 3.68. The van der Waals surface area contributed by atoms with Crippen molar-refractivity contribution >= 4 is 0 Å². The van der Waals surface area contributed by atoms with Gasteiger partial charge in [-0.05, 0) is 24.7 Å². The zero-order valence-corrected chi connectivity index (χ0v) is 5.21. The molecule has 8 heavy (non-hydrogen) atoms. The van der Waals surface area contributed by atoms with Crippen LogP contribution in [0.5, 0.6) is 0 Å². The second kappa shape index (κ2) is 0.960. The molecule has 0 aromatic heterocycles. The van der Waals surface area contributed by atoms with E-state index in [1.54, 1.807) is 0 Å². The highest BCUT2D eigenvalue weighted by Gasteiger charge is 2.64. The van der Waals surface area contributed by atoms with Crippen LogP contribution in [-0.4, -0.2) is 6.67 Å². The van der Waals surface area contributed by atoms with Crippen molar-refractivity contribution in [2.75, 3.05) is 6.67 Å². The molecule has 0 aromatic rings. The molecule has 3 fully saturated rings. The molecule has 0 radical (unpaired) electrons. The minimum absolute atomic E-state index is 0.0669. The molecule has 1 heteroatoms. The van der Waals surface area contributed by atoms with Gasteiger partial charge in [0.25, 0.3) is 0 Å². The van der Waals surface area contributed by atoms with E-state index in [4.69, 9.17) is 0 Å². The second-order valence-electron chi connectivity index (χ2n) is 3.97. The van der Waals surface area contributed by atoms with Gasteiger partial charge in [-0.15, -0.1) is 0 Å². The average Bonchev–Trinajstić information content (AvgIpc) is 1.55. The van der Waals surface area contributed by atoms with Crippen LogP contribution < -0.4 is 0 Å². The maximum atomic E-state index is 12.0. The molecule has 46 valence electrons. The number of rotatable bonds is 1. The predicted octanol–water partition coefficient (Wildman–Crippen LogP) is 2.15. The van der Waals surface area contributed by atoms with E-state index in [-0.39, 0.29) is 12.1 Å². The lowest BCUT2D eigenvalue weighted by molar-refractivity contribution is -0.199. The summed E-state index contributed by atoms with van der Waals surface area (Å²) in [4.78, 5) is 0. The molecule has 0 aliphatic heterocycles. The van der Waals surface area contributed by atoms with Crippen LogP contribution in [-0.2, 0) is 0 Å². The second-order valence-corrected chi connectivity index (χ2v) is 3.97. The molecule has 2 bridgehead atoms. The van der Waals surface area contributed by atoms with E-state index >= 15 is 0 Å². The Morgan fingerprint density at radius 3 is 2.00 bits per heavy atom. The Labute approximate surface area is 49.1 Å². The first-order valence-corrected chi connectivity index (χ1v) is 3.24. The molecular formula is C7H11F. The van der Waals surface area contributed by atoms with Gasteiger partial charge in [-0.3, -0.25) is 4.39 Å². The summed E-state index contributed by atoms with van der Waals surface area (Å²) in [6, 6.07) is 0. The van der Waals surface area contributed by atoms with Gasteiger partial charge in [-0.25, -0.2) is 0 Å². The van der Waals surface area contributed by atoms with Gasteiger partial charge in [-0.2, -0.15) is 0 Å². The van der Waals surface area contributed by atoms with E-state index in [2.05, 4.69) is 6.92 Å². The van der Waals surface area contributed by atoms with Crippen LogP contribution in [0.3, 0.4) is 0 Å². The first kappa shape index (κ1) is 4.78. The summed E-state index contributed by atoms with van der Waals surface area (Å²) in [5.41, 5.74) is 0.792. The summed E-state index contributed by atoms with van der Waals surface area (Å²) < 4.78 is 12.0. The van der Waals surface area contributed by atoms with Gasteiger partial charge in [-0.1, -0.05) is 6.92 Å². The normalized spacial score (nSPS) is 59.2. The van der Waals surface area contributed by atoms with E-state index < -0.39 is 0 Å². The lowest BCUT2D eigenvalue weighted by Gasteiger charge is -2.68. The standard InChI is InChI=1S/C7H11F/c1-6-2-7(3-6,4-6)5-8/h2-5H2,1H3. The lowest BCUT2D eigenvalue weighted by atomic mass is 9.36. The molecule has 3 rings (SSSR count). The Hall–Kier alpha value is -0.0700. The molecule has 3 aliphatic carbocycles. The molecular weight excluding hydrogens is 103 g/mol. The van der Waals surface area contributed by atoms with Crippen molar-refractivity contribution in [1.82, 2.24) is 0 Å². The van der Waals surface area contributed by atoms with E-state index in [0.29, 0.717) is 5.41 Å². The lowest BCUT2D eigenvalue weighted by Crippen LogP contribution is -2.60. The number of halogens is 1. The topological polar surface area (TPSA) is 0 Å². The van der Waals surface area contributed by atoms with Crippen molar-refractivity contribution < 1.29 is 4.39 Å². The van der Waals surface area contributed by atoms with Crippen LogP contribution in [0.15, 0.2) is 0 Å². The molecule has 0 N–H and O–H groups in total. The minimum Gasteiger partial charge on any atom is -0.250 e. The van der Waals surface area contributed by atoms with Gasteiger partial charge >= 0.3 is 0 Å². The molecule has 3 aliphatic rings. The SMILES string of the molecule is CC12CC(CF)(C1)C2. The molecule has 0 heterocycles. The van der Waals surface area contributed by atoms with Crippen molar-refractivity contribution in [3.63, 3.8) is 0 Å². The Balaban J connectivity index is 2.04. The summed E-state index contributed by atoms with van der Waals surface area (Å²) in [5, 5.41) is 0. The number of hydrogen-bond donors (Lipinski definition) is 0. The monoisotopic (exact) mass is 114 g/mol. The molecule has 0 amide bonds. The van der Waals surface area contributed by atoms with E-state index in [1.165, 1.54) is 0 Å². The van der Waals surface area contributed by atoms with Gasteiger partial charge < -0.3 is 0 Å². The summed E-state index contributed by atoms with van der Waals surface area (Å²) >= 11 is 0. The van der Waals surface area contributed by atoms with E-state index in [0.717, 1.165) is 19.3 Å².